The summed E-state index contributed by atoms with van der Waals surface area (Å²) >= 11 is 0. The van der Waals surface area contributed by atoms with Gasteiger partial charge >= 0.3 is 0 Å². The summed E-state index contributed by atoms with van der Waals surface area (Å²) in [4.78, 5) is 26.5. The Bertz CT molecular complexity index is 1340. The predicted molar refractivity (Wildman–Crippen MR) is 107 cm³/mol. The van der Waals surface area contributed by atoms with Gasteiger partial charge in [-0.25, -0.2) is 8.42 Å². The Labute approximate surface area is 171 Å². The second kappa shape index (κ2) is 6.71. The highest BCUT2D eigenvalue weighted by molar-refractivity contribution is 7.89. The van der Waals surface area contributed by atoms with Gasteiger partial charge in [-0.15, -0.1) is 4.83 Å². The SMILES string of the molecule is O=C(NNS(=O)(=O)c1ccc2c3c(cccc13)C(=O)N2)c1ccc2c(c1)OCCO2. The summed E-state index contributed by atoms with van der Waals surface area (Å²) < 4.78 is 36.6. The summed E-state index contributed by atoms with van der Waals surface area (Å²) in [7, 11) is -4.11. The Balaban J connectivity index is 1.41. The molecule has 0 bridgehead atoms. The highest BCUT2D eigenvalue weighted by Crippen LogP contribution is 2.36. The van der Waals surface area contributed by atoms with Crippen LogP contribution >= 0.6 is 0 Å². The molecule has 0 fully saturated rings. The standard InChI is InChI=1S/C20H15N3O6S/c24-19(11-4-6-15-16(10-11)29-9-8-28-15)22-23-30(26,27)17-7-5-14-18-12(17)2-1-3-13(18)20(25)21-14/h1-7,10,23H,8-9H2,(H,21,25)(H,22,24). The lowest BCUT2D eigenvalue weighted by atomic mass is 10.1. The molecule has 3 aromatic rings. The number of fused-ring (bicyclic) bond motifs is 1. The number of carbonyl (C=O) groups is 2. The molecular weight excluding hydrogens is 410 g/mol. The van der Waals surface area contributed by atoms with Crippen molar-refractivity contribution in [3.8, 4) is 11.5 Å². The van der Waals surface area contributed by atoms with Crippen molar-refractivity contribution in [1.82, 2.24) is 10.3 Å². The van der Waals surface area contributed by atoms with E-state index in [4.69, 9.17) is 9.47 Å². The van der Waals surface area contributed by atoms with E-state index in [9.17, 15) is 18.0 Å². The smallest absolute Gasteiger partial charge is 0.266 e. The van der Waals surface area contributed by atoms with Crippen molar-refractivity contribution in [1.29, 1.82) is 0 Å². The molecule has 30 heavy (non-hydrogen) atoms. The molecule has 9 nitrogen and oxygen atoms in total. The summed E-state index contributed by atoms with van der Waals surface area (Å²) in [6, 6.07) is 12.3. The first-order valence-corrected chi connectivity index (χ1v) is 10.5. The van der Waals surface area contributed by atoms with E-state index in [1.807, 2.05) is 0 Å². The van der Waals surface area contributed by atoms with E-state index in [2.05, 4.69) is 15.6 Å². The molecular formula is C20H15N3O6S. The van der Waals surface area contributed by atoms with Crippen molar-refractivity contribution in [3.05, 3.63) is 59.7 Å². The molecule has 3 N–H and O–H groups in total. The second-order valence-corrected chi connectivity index (χ2v) is 8.36. The van der Waals surface area contributed by atoms with Crippen molar-refractivity contribution in [2.75, 3.05) is 18.5 Å². The maximum Gasteiger partial charge on any atom is 0.266 e. The molecule has 0 aliphatic carbocycles. The van der Waals surface area contributed by atoms with Gasteiger partial charge in [0.05, 0.1) is 4.90 Å². The first-order valence-electron chi connectivity index (χ1n) is 9.03. The zero-order valence-corrected chi connectivity index (χ0v) is 16.2. The number of hydrazine groups is 1. The van der Waals surface area contributed by atoms with E-state index in [1.54, 1.807) is 24.3 Å². The summed E-state index contributed by atoms with van der Waals surface area (Å²) in [5.41, 5.74) is 3.36. The molecule has 152 valence electrons. The van der Waals surface area contributed by atoms with E-state index in [0.29, 0.717) is 46.7 Å². The number of hydrogen-bond donors (Lipinski definition) is 3. The van der Waals surface area contributed by atoms with E-state index in [1.165, 1.54) is 24.3 Å². The minimum atomic E-state index is -4.11. The van der Waals surface area contributed by atoms with Gasteiger partial charge in [-0.1, -0.05) is 12.1 Å². The number of amides is 2. The molecule has 0 saturated heterocycles. The maximum absolute atomic E-state index is 12.9. The molecule has 0 atom stereocenters. The normalized spacial score (nSPS) is 14.5. The van der Waals surface area contributed by atoms with Crippen LogP contribution in [0.3, 0.4) is 0 Å². The quantitative estimate of drug-likeness (QED) is 0.548. The second-order valence-electron chi connectivity index (χ2n) is 6.71. The molecule has 10 heteroatoms. The Morgan fingerprint density at radius 3 is 2.63 bits per heavy atom. The van der Waals surface area contributed by atoms with Crippen LogP contribution in [0.5, 0.6) is 11.5 Å². The first kappa shape index (κ1) is 18.4. The van der Waals surface area contributed by atoms with Crippen molar-refractivity contribution in [2.45, 2.75) is 4.90 Å². The molecule has 0 spiro atoms. The summed E-state index contributed by atoms with van der Waals surface area (Å²) in [6.07, 6.45) is 0. The summed E-state index contributed by atoms with van der Waals surface area (Å²) in [5, 5.41) is 3.61. The van der Waals surface area contributed by atoms with Crippen LogP contribution in [0.15, 0.2) is 53.4 Å². The van der Waals surface area contributed by atoms with Gasteiger partial charge in [0.2, 0.25) is 0 Å². The fourth-order valence-electron chi connectivity index (χ4n) is 3.52. The predicted octanol–water partition coefficient (Wildman–Crippen LogP) is 1.80. The topological polar surface area (TPSA) is 123 Å². The van der Waals surface area contributed by atoms with Crippen LogP contribution in [0.1, 0.15) is 20.7 Å². The van der Waals surface area contributed by atoms with Crippen molar-refractivity contribution in [3.63, 3.8) is 0 Å². The minimum absolute atomic E-state index is 0.0536. The van der Waals surface area contributed by atoms with E-state index < -0.39 is 15.9 Å². The molecule has 3 aromatic carbocycles. The van der Waals surface area contributed by atoms with Gasteiger partial charge in [0.25, 0.3) is 21.8 Å². The van der Waals surface area contributed by atoms with Gasteiger partial charge < -0.3 is 14.8 Å². The number of hydrogen-bond acceptors (Lipinski definition) is 6. The van der Waals surface area contributed by atoms with Gasteiger partial charge in [0, 0.05) is 27.6 Å². The average molecular weight is 425 g/mol. The van der Waals surface area contributed by atoms with E-state index in [0.717, 1.165) is 0 Å². The monoisotopic (exact) mass is 425 g/mol. The van der Waals surface area contributed by atoms with Gasteiger partial charge in [0.15, 0.2) is 11.5 Å². The van der Waals surface area contributed by atoms with Crippen molar-refractivity contribution < 1.29 is 27.5 Å². The first-order chi connectivity index (χ1) is 14.4. The van der Waals surface area contributed by atoms with Gasteiger partial charge in [-0.05, 0) is 36.4 Å². The Kier molecular flexibility index (Phi) is 4.12. The van der Waals surface area contributed by atoms with E-state index in [-0.39, 0.29) is 16.4 Å². The third kappa shape index (κ3) is 2.93. The largest absolute Gasteiger partial charge is 0.486 e. The summed E-state index contributed by atoms with van der Waals surface area (Å²) in [6.45, 7) is 0.793. The highest BCUT2D eigenvalue weighted by atomic mass is 32.2. The molecule has 2 aliphatic rings. The number of anilines is 1. The fraction of sp³-hybridized carbons (Fsp3) is 0.100. The number of sulfonamides is 1. The number of benzene rings is 3. The molecule has 2 amide bonds. The number of carbonyl (C=O) groups excluding carboxylic acids is 2. The Morgan fingerprint density at radius 1 is 1.00 bits per heavy atom. The Hall–Kier alpha value is -3.63. The Morgan fingerprint density at radius 2 is 1.80 bits per heavy atom. The molecule has 0 aromatic heterocycles. The average Bonchev–Trinajstić information content (AvgIpc) is 3.09. The lowest BCUT2D eigenvalue weighted by Crippen LogP contribution is -2.41. The van der Waals surface area contributed by atoms with Crippen LogP contribution in [-0.4, -0.2) is 33.4 Å². The molecule has 5 rings (SSSR count). The summed E-state index contributed by atoms with van der Waals surface area (Å²) in [5.74, 6) is -0.000747. The van der Waals surface area contributed by atoms with Crippen LogP contribution in [-0.2, 0) is 10.0 Å². The molecule has 0 saturated carbocycles. The van der Waals surface area contributed by atoms with Crippen molar-refractivity contribution >= 4 is 38.3 Å². The fourth-order valence-corrected chi connectivity index (χ4v) is 4.57. The third-order valence-electron chi connectivity index (χ3n) is 4.89. The molecule has 0 unspecified atom stereocenters. The molecule has 0 radical (unpaired) electrons. The lowest BCUT2D eigenvalue weighted by Gasteiger charge is -2.18. The minimum Gasteiger partial charge on any atom is -0.486 e. The van der Waals surface area contributed by atoms with Crippen LogP contribution in [0.25, 0.3) is 10.8 Å². The van der Waals surface area contributed by atoms with Crippen LogP contribution in [0.4, 0.5) is 5.69 Å². The number of nitrogens with one attached hydrogen (secondary N) is 3. The lowest BCUT2D eigenvalue weighted by molar-refractivity contribution is 0.0943. The van der Waals surface area contributed by atoms with E-state index >= 15 is 0 Å². The van der Waals surface area contributed by atoms with Gasteiger partial charge in [-0.2, -0.15) is 0 Å². The van der Waals surface area contributed by atoms with Crippen LogP contribution in [0, 0.1) is 0 Å². The number of ether oxygens (including phenoxy) is 2. The maximum atomic E-state index is 12.9. The van der Waals surface area contributed by atoms with Gasteiger partial charge in [-0.3, -0.25) is 15.0 Å². The van der Waals surface area contributed by atoms with Crippen LogP contribution in [0.2, 0.25) is 0 Å². The molecule has 2 aliphatic heterocycles. The number of rotatable bonds is 4. The highest BCUT2D eigenvalue weighted by Gasteiger charge is 2.26. The van der Waals surface area contributed by atoms with Crippen LogP contribution < -0.4 is 25.0 Å². The zero-order valence-electron chi connectivity index (χ0n) is 15.4. The van der Waals surface area contributed by atoms with Crippen molar-refractivity contribution in [2.24, 2.45) is 0 Å². The third-order valence-corrected chi connectivity index (χ3v) is 6.19. The molecule has 2 heterocycles. The zero-order chi connectivity index (χ0) is 20.9. The van der Waals surface area contributed by atoms with Gasteiger partial charge in [0.1, 0.15) is 13.2 Å².